The van der Waals surface area contributed by atoms with Crippen LogP contribution in [0.1, 0.15) is 19.3 Å². The van der Waals surface area contributed by atoms with Crippen LogP contribution in [0.4, 0.5) is 15.8 Å². The number of carbonyl (C=O) groups is 1. The van der Waals surface area contributed by atoms with Gasteiger partial charge in [-0.1, -0.05) is 6.42 Å². The lowest BCUT2D eigenvalue weighted by Gasteiger charge is -2.27. The first kappa shape index (κ1) is 26.9. The number of ether oxygens (including phenoxy) is 1. The van der Waals surface area contributed by atoms with E-state index in [4.69, 9.17) is 4.74 Å². The fraction of sp³-hybridized carbons (Fsp3) is 0.409. The number of nitrogens with zero attached hydrogens (tertiary/aromatic N) is 3. The Balaban J connectivity index is 1.89. The predicted molar refractivity (Wildman–Crippen MR) is 131 cm³/mol. The van der Waals surface area contributed by atoms with E-state index in [1.165, 1.54) is 55.8 Å². The van der Waals surface area contributed by atoms with Crippen LogP contribution in [0.3, 0.4) is 0 Å². The van der Waals surface area contributed by atoms with Crippen molar-refractivity contribution in [2.75, 3.05) is 50.5 Å². The third kappa shape index (κ3) is 6.10. The van der Waals surface area contributed by atoms with Gasteiger partial charge in [0.15, 0.2) is 0 Å². The summed E-state index contributed by atoms with van der Waals surface area (Å²) in [6.45, 7) is 0.203. The van der Waals surface area contributed by atoms with Crippen LogP contribution in [0.25, 0.3) is 0 Å². The second-order valence-corrected chi connectivity index (χ2v) is 12.2. The van der Waals surface area contributed by atoms with Crippen LogP contribution in [0.15, 0.2) is 47.4 Å². The van der Waals surface area contributed by atoms with Crippen molar-refractivity contribution in [1.29, 1.82) is 0 Å². The van der Waals surface area contributed by atoms with Gasteiger partial charge in [0.2, 0.25) is 15.9 Å². The summed E-state index contributed by atoms with van der Waals surface area (Å²) < 4.78 is 73.7. The molecule has 1 N–H and O–H groups in total. The van der Waals surface area contributed by atoms with E-state index in [-0.39, 0.29) is 22.0 Å². The quantitative estimate of drug-likeness (QED) is 0.534. The fourth-order valence-corrected chi connectivity index (χ4v) is 6.24. The second kappa shape index (κ2) is 10.9. The largest absolute Gasteiger partial charge is 0.495 e. The van der Waals surface area contributed by atoms with Crippen LogP contribution in [0, 0.1) is 5.82 Å². The van der Waals surface area contributed by atoms with Gasteiger partial charge in [0.1, 0.15) is 18.1 Å². The molecule has 10 nitrogen and oxygen atoms in total. The molecule has 0 aromatic heterocycles. The molecule has 0 unspecified atom stereocenters. The van der Waals surface area contributed by atoms with Crippen LogP contribution < -0.4 is 14.4 Å². The van der Waals surface area contributed by atoms with Gasteiger partial charge in [0.25, 0.3) is 0 Å². The highest BCUT2D eigenvalue weighted by molar-refractivity contribution is 7.90. The summed E-state index contributed by atoms with van der Waals surface area (Å²) in [4.78, 5) is 12.9. The predicted octanol–water partition coefficient (Wildman–Crippen LogP) is 2.26. The van der Waals surface area contributed by atoms with Crippen LogP contribution in [-0.4, -0.2) is 72.2 Å². The second-order valence-electron chi connectivity index (χ2n) is 8.15. The number of amides is 1. The van der Waals surface area contributed by atoms with Crippen molar-refractivity contribution in [2.45, 2.75) is 24.2 Å². The average Bonchev–Trinajstić information content (AvgIpc) is 2.83. The van der Waals surface area contributed by atoms with Gasteiger partial charge in [-0.25, -0.2) is 17.1 Å². The average molecular weight is 529 g/mol. The van der Waals surface area contributed by atoms with E-state index in [1.807, 2.05) is 0 Å². The van der Waals surface area contributed by atoms with E-state index in [9.17, 15) is 26.0 Å². The summed E-state index contributed by atoms with van der Waals surface area (Å²) in [5, 5.41) is 2.55. The lowest BCUT2D eigenvalue weighted by molar-refractivity contribution is -0.114. The molecule has 1 aliphatic heterocycles. The molecule has 1 fully saturated rings. The van der Waals surface area contributed by atoms with Crippen molar-refractivity contribution in [1.82, 2.24) is 8.61 Å². The Bertz CT molecular complexity index is 1260. The smallest absolute Gasteiger partial charge is 0.304 e. The summed E-state index contributed by atoms with van der Waals surface area (Å²) in [6.07, 6.45) is 2.52. The SMILES string of the molecule is COc1ccc(S(=O)(=O)N2CCCCC2)cc1NC(=O)CN(c1ccc(F)cc1)S(=O)(=O)N(C)C. The fourth-order valence-electron chi connectivity index (χ4n) is 3.63. The molecular weight excluding hydrogens is 499 g/mol. The van der Waals surface area contributed by atoms with Crippen LogP contribution in [-0.2, 0) is 25.0 Å². The zero-order chi connectivity index (χ0) is 25.8. The van der Waals surface area contributed by atoms with Crippen molar-refractivity contribution in [2.24, 2.45) is 0 Å². The maximum Gasteiger partial charge on any atom is 0.304 e. The minimum atomic E-state index is -4.10. The zero-order valence-electron chi connectivity index (χ0n) is 19.8. The topological polar surface area (TPSA) is 116 Å². The molecule has 0 bridgehead atoms. The molecule has 35 heavy (non-hydrogen) atoms. The molecule has 2 aromatic carbocycles. The third-order valence-electron chi connectivity index (χ3n) is 5.54. The number of anilines is 2. The molecule has 2 aromatic rings. The summed E-state index contributed by atoms with van der Waals surface area (Å²) in [7, 11) is -3.90. The first-order valence-electron chi connectivity index (χ1n) is 10.9. The molecule has 1 amide bonds. The standard InChI is InChI=1S/C22H29FN4O6S2/c1-25(2)35(31,32)27(18-9-7-17(23)8-10-18)16-22(28)24-20-15-19(11-12-21(20)33-3)34(29,30)26-13-5-4-6-14-26/h7-12,15H,4-6,13-14,16H2,1-3H3,(H,24,28). The molecule has 3 rings (SSSR count). The van der Waals surface area contributed by atoms with Crippen LogP contribution >= 0.6 is 0 Å². The first-order chi connectivity index (χ1) is 16.5. The van der Waals surface area contributed by atoms with Gasteiger partial charge in [-0.2, -0.15) is 17.0 Å². The Morgan fingerprint density at radius 1 is 1.03 bits per heavy atom. The van der Waals surface area contributed by atoms with Crippen molar-refractivity contribution in [3.8, 4) is 5.75 Å². The summed E-state index contributed by atoms with van der Waals surface area (Å²) in [6, 6.07) is 8.79. The number of sulfonamides is 1. The molecular formula is C22H29FN4O6S2. The summed E-state index contributed by atoms with van der Waals surface area (Å²) in [5.74, 6) is -1.10. The van der Waals surface area contributed by atoms with Crippen LogP contribution in [0.5, 0.6) is 5.75 Å². The van der Waals surface area contributed by atoms with E-state index in [0.29, 0.717) is 13.1 Å². The van der Waals surface area contributed by atoms with Crippen molar-refractivity contribution in [3.05, 3.63) is 48.3 Å². The Kier molecular flexibility index (Phi) is 8.36. The van der Waals surface area contributed by atoms with Gasteiger partial charge in [0.05, 0.1) is 23.4 Å². The number of hydrogen-bond donors (Lipinski definition) is 1. The molecule has 0 spiro atoms. The van der Waals surface area contributed by atoms with E-state index in [1.54, 1.807) is 0 Å². The number of rotatable bonds is 9. The minimum Gasteiger partial charge on any atom is -0.495 e. The highest BCUT2D eigenvalue weighted by atomic mass is 32.2. The Morgan fingerprint density at radius 2 is 1.66 bits per heavy atom. The van der Waals surface area contributed by atoms with E-state index in [0.717, 1.165) is 40.0 Å². The highest BCUT2D eigenvalue weighted by Gasteiger charge is 2.29. The lowest BCUT2D eigenvalue weighted by Crippen LogP contribution is -2.44. The first-order valence-corrected chi connectivity index (χ1v) is 13.7. The summed E-state index contributed by atoms with van der Waals surface area (Å²) >= 11 is 0. The number of halogens is 1. The lowest BCUT2D eigenvalue weighted by atomic mass is 10.2. The molecule has 192 valence electrons. The van der Waals surface area contributed by atoms with Crippen molar-refractivity contribution in [3.63, 3.8) is 0 Å². The number of nitrogens with one attached hydrogen (secondary N) is 1. The Morgan fingerprint density at radius 3 is 2.23 bits per heavy atom. The molecule has 0 saturated carbocycles. The van der Waals surface area contributed by atoms with Crippen LogP contribution in [0.2, 0.25) is 0 Å². The van der Waals surface area contributed by atoms with Gasteiger partial charge < -0.3 is 10.1 Å². The minimum absolute atomic E-state index is 0.00759. The third-order valence-corrected chi connectivity index (χ3v) is 9.25. The highest BCUT2D eigenvalue weighted by Crippen LogP contribution is 2.30. The van der Waals surface area contributed by atoms with E-state index < -0.39 is 38.5 Å². The number of hydrogen-bond acceptors (Lipinski definition) is 6. The molecule has 13 heteroatoms. The number of benzene rings is 2. The number of methoxy groups -OCH3 is 1. The Labute approximate surface area is 205 Å². The van der Waals surface area contributed by atoms with E-state index in [2.05, 4.69) is 5.32 Å². The van der Waals surface area contributed by atoms with E-state index >= 15 is 0 Å². The van der Waals surface area contributed by atoms with Gasteiger partial charge in [-0.05, 0) is 55.3 Å². The molecule has 0 radical (unpaired) electrons. The van der Waals surface area contributed by atoms with Crippen molar-refractivity contribution < 1.29 is 30.8 Å². The van der Waals surface area contributed by atoms with Gasteiger partial charge in [-0.15, -0.1) is 0 Å². The van der Waals surface area contributed by atoms with Gasteiger partial charge in [0, 0.05) is 27.2 Å². The molecule has 0 aliphatic carbocycles. The zero-order valence-corrected chi connectivity index (χ0v) is 21.4. The normalized spacial score (nSPS) is 15.1. The van der Waals surface area contributed by atoms with Gasteiger partial charge >= 0.3 is 10.2 Å². The summed E-state index contributed by atoms with van der Waals surface area (Å²) in [5.41, 5.74) is 0.167. The number of carbonyl (C=O) groups excluding carboxylic acids is 1. The maximum absolute atomic E-state index is 13.4. The molecule has 1 saturated heterocycles. The van der Waals surface area contributed by atoms with Crippen molar-refractivity contribution >= 4 is 37.5 Å². The Hall–Kier alpha value is -2.74. The molecule has 0 atom stereocenters. The monoisotopic (exact) mass is 528 g/mol. The molecule has 1 heterocycles. The molecule has 1 aliphatic rings. The maximum atomic E-state index is 13.4. The van der Waals surface area contributed by atoms with Gasteiger partial charge in [-0.3, -0.25) is 4.79 Å². The number of piperidine rings is 1.